The summed E-state index contributed by atoms with van der Waals surface area (Å²) < 4.78 is 36.1. The van der Waals surface area contributed by atoms with Gasteiger partial charge in [0.25, 0.3) is 0 Å². The zero-order valence-corrected chi connectivity index (χ0v) is 17.0. The van der Waals surface area contributed by atoms with E-state index in [4.69, 9.17) is 9.47 Å². The van der Waals surface area contributed by atoms with Crippen LogP contribution in [0.15, 0.2) is 24.3 Å². The number of carbonyl (C=O) groups is 1. The first-order valence-electron chi connectivity index (χ1n) is 9.40. The van der Waals surface area contributed by atoms with Crippen molar-refractivity contribution in [3.63, 3.8) is 0 Å². The summed E-state index contributed by atoms with van der Waals surface area (Å²) in [6.45, 7) is 0.819. The molecule has 152 valence electrons. The van der Waals surface area contributed by atoms with Crippen LogP contribution in [-0.4, -0.2) is 53.5 Å². The minimum Gasteiger partial charge on any atom is -0.497 e. The maximum atomic E-state index is 12.2. The molecule has 27 heavy (non-hydrogen) atoms. The molecule has 0 atom stereocenters. The van der Waals surface area contributed by atoms with Gasteiger partial charge in [-0.15, -0.1) is 0 Å². The fourth-order valence-electron chi connectivity index (χ4n) is 3.12. The Labute approximate surface area is 162 Å². The van der Waals surface area contributed by atoms with E-state index in [0.717, 1.165) is 23.4 Å². The second-order valence-corrected chi connectivity index (χ2v) is 8.71. The summed E-state index contributed by atoms with van der Waals surface area (Å²) in [5.41, 5.74) is 0.425. The van der Waals surface area contributed by atoms with Crippen LogP contribution in [0, 0.1) is 0 Å². The van der Waals surface area contributed by atoms with Gasteiger partial charge >= 0.3 is 0 Å². The molecular weight excluding hydrogens is 368 g/mol. The third-order valence-corrected chi connectivity index (χ3v) is 5.74. The summed E-state index contributed by atoms with van der Waals surface area (Å²) >= 11 is 0. The van der Waals surface area contributed by atoms with Crippen LogP contribution in [0.5, 0.6) is 5.75 Å². The normalized spacial score (nSPS) is 15.3. The van der Waals surface area contributed by atoms with Crippen LogP contribution in [0.25, 0.3) is 0 Å². The molecule has 0 unspecified atom stereocenters. The van der Waals surface area contributed by atoms with Gasteiger partial charge in [0, 0.05) is 13.2 Å². The Bertz CT molecular complexity index is 685. The van der Waals surface area contributed by atoms with Crippen LogP contribution in [0.3, 0.4) is 0 Å². The van der Waals surface area contributed by atoms with E-state index >= 15 is 0 Å². The van der Waals surface area contributed by atoms with Gasteiger partial charge in [-0.05, 0) is 43.5 Å². The van der Waals surface area contributed by atoms with E-state index in [0.29, 0.717) is 37.1 Å². The van der Waals surface area contributed by atoms with Gasteiger partial charge in [0.05, 0.1) is 25.2 Å². The number of carbonyl (C=O) groups excluding carboxylic acids is 1. The van der Waals surface area contributed by atoms with Crippen LogP contribution >= 0.6 is 0 Å². The van der Waals surface area contributed by atoms with Crippen molar-refractivity contribution in [2.45, 2.75) is 44.6 Å². The Morgan fingerprint density at radius 2 is 1.85 bits per heavy atom. The number of ether oxygens (including phenoxy) is 2. The number of nitrogens with zero attached hydrogens (tertiary/aromatic N) is 1. The van der Waals surface area contributed by atoms with Crippen LogP contribution in [-0.2, 0) is 19.6 Å². The number of amides is 1. The highest BCUT2D eigenvalue weighted by molar-refractivity contribution is 7.92. The van der Waals surface area contributed by atoms with Gasteiger partial charge in [-0.1, -0.05) is 19.3 Å². The maximum absolute atomic E-state index is 12.2. The number of nitrogens with one attached hydrogen (secondary N) is 1. The fourth-order valence-corrected chi connectivity index (χ4v) is 3.97. The van der Waals surface area contributed by atoms with Gasteiger partial charge < -0.3 is 14.8 Å². The molecule has 1 aliphatic carbocycles. The van der Waals surface area contributed by atoms with Crippen molar-refractivity contribution in [2.75, 3.05) is 37.4 Å². The van der Waals surface area contributed by atoms with Crippen molar-refractivity contribution in [1.82, 2.24) is 5.32 Å². The molecule has 1 fully saturated rings. The van der Waals surface area contributed by atoms with Gasteiger partial charge in [0.1, 0.15) is 12.3 Å². The molecule has 7 nitrogen and oxygen atoms in total. The quantitative estimate of drug-likeness (QED) is 0.612. The van der Waals surface area contributed by atoms with Crippen molar-refractivity contribution in [3.05, 3.63) is 24.3 Å². The molecule has 1 amide bonds. The molecule has 1 saturated carbocycles. The van der Waals surface area contributed by atoms with E-state index in [2.05, 4.69) is 5.32 Å². The molecule has 0 aromatic heterocycles. The Balaban J connectivity index is 1.77. The summed E-state index contributed by atoms with van der Waals surface area (Å²) in [6, 6.07) is 6.55. The molecular formula is C19H30N2O5S. The topological polar surface area (TPSA) is 84.9 Å². The number of benzene rings is 1. The first-order valence-corrected chi connectivity index (χ1v) is 11.2. The third kappa shape index (κ3) is 7.38. The monoisotopic (exact) mass is 398 g/mol. The molecule has 1 aliphatic rings. The molecule has 0 spiro atoms. The highest BCUT2D eigenvalue weighted by atomic mass is 32.2. The first kappa shape index (κ1) is 21.5. The molecule has 1 N–H and O–H groups in total. The summed E-state index contributed by atoms with van der Waals surface area (Å²) in [5.74, 6) is 0.281. The van der Waals surface area contributed by atoms with Gasteiger partial charge in [-0.25, -0.2) is 8.42 Å². The molecule has 0 radical (unpaired) electrons. The molecule has 0 heterocycles. The number of anilines is 1. The predicted molar refractivity (Wildman–Crippen MR) is 106 cm³/mol. The SMILES string of the molecule is COc1ccc(N(CC(=O)NCCCOC2CCCCC2)S(C)(=O)=O)cc1. The second kappa shape index (κ2) is 10.5. The van der Waals surface area contributed by atoms with Gasteiger partial charge in [-0.3, -0.25) is 9.10 Å². The van der Waals surface area contributed by atoms with Gasteiger partial charge in [0.2, 0.25) is 15.9 Å². The predicted octanol–water partition coefficient (Wildman–Crippen LogP) is 2.32. The summed E-state index contributed by atoms with van der Waals surface area (Å²) in [7, 11) is -2.04. The molecule has 8 heteroatoms. The standard InChI is InChI=1S/C19H30N2O5S/c1-25-17-11-9-16(10-12-17)21(27(2,23)24)15-19(22)20-13-6-14-26-18-7-4-3-5-8-18/h9-12,18H,3-8,13-15H2,1-2H3,(H,20,22). The summed E-state index contributed by atoms with van der Waals surface area (Å²) in [4.78, 5) is 12.2. The first-order chi connectivity index (χ1) is 12.9. The van der Waals surface area contributed by atoms with Crippen LogP contribution in [0.1, 0.15) is 38.5 Å². The Morgan fingerprint density at radius 3 is 2.44 bits per heavy atom. The fraction of sp³-hybridized carbons (Fsp3) is 0.632. The molecule has 0 bridgehead atoms. The molecule has 1 aromatic carbocycles. The minimum atomic E-state index is -3.58. The summed E-state index contributed by atoms with van der Waals surface area (Å²) in [6.07, 6.45) is 8.15. The maximum Gasteiger partial charge on any atom is 0.240 e. The molecule has 0 saturated heterocycles. The van der Waals surface area contributed by atoms with Crippen LogP contribution in [0.4, 0.5) is 5.69 Å². The van der Waals surface area contributed by atoms with E-state index in [1.54, 1.807) is 24.3 Å². The van der Waals surface area contributed by atoms with Crippen molar-refractivity contribution in [3.8, 4) is 5.75 Å². The average molecular weight is 399 g/mol. The molecule has 2 rings (SSSR count). The van der Waals surface area contributed by atoms with Gasteiger partial charge in [-0.2, -0.15) is 0 Å². The van der Waals surface area contributed by atoms with E-state index in [1.165, 1.54) is 26.4 Å². The Morgan fingerprint density at radius 1 is 1.19 bits per heavy atom. The second-order valence-electron chi connectivity index (χ2n) is 6.80. The lowest BCUT2D eigenvalue weighted by atomic mass is 9.98. The van der Waals surface area contributed by atoms with Crippen molar-refractivity contribution in [1.29, 1.82) is 0 Å². The Kier molecular flexibility index (Phi) is 8.37. The lowest BCUT2D eigenvalue weighted by molar-refractivity contribution is -0.119. The largest absolute Gasteiger partial charge is 0.497 e. The van der Waals surface area contributed by atoms with Crippen molar-refractivity contribution >= 4 is 21.6 Å². The number of hydrogen-bond donors (Lipinski definition) is 1. The van der Waals surface area contributed by atoms with Gasteiger partial charge in [0.15, 0.2) is 0 Å². The van der Waals surface area contributed by atoms with E-state index in [-0.39, 0.29) is 12.5 Å². The van der Waals surface area contributed by atoms with E-state index < -0.39 is 10.0 Å². The molecule has 0 aliphatic heterocycles. The number of rotatable bonds is 10. The smallest absolute Gasteiger partial charge is 0.240 e. The van der Waals surface area contributed by atoms with E-state index in [9.17, 15) is 13.2 Å². The van der Waals surface area contributed by atoms with Crippen LogP contribution in [0.2, 0.25) is 0 Å². The van der Waals surface area contributed by atoms with E-state index in [1.807, 2.05) is 0 Å². The average Bonchev–Trinajstić information content (AvgIpc) is 2.66. The zero-order chi connectivity index (χ0) is 19.7. The highest BCUT2D eigenvalue weighted by Crippen LogP contribution is 2.21. The highest BCUT2D eigenvalue weighted by Gasteiger charge is 2.20. The lowest BCUT2D eigenvalue weighted by Gasteiger charge is -2.23. The van der Waals surface area contributed by atoms with Crippen molar-refractivity contribution in [2.24, 2.45) is 0 Å². The number of methoxy groups -OCH3 is 1. The minimum absolute atomic E-state index is 0.255. The number of hydrogen-bond acceptors (Lipinski definition) is 5. The number of sulfonamides is 1. The third-order valence-electron chi connectivity index (χ3n) is 4.60. The van der Waals surface area contributed by atoms with Crippen LogP contribution < -0.4 is 14.4 Å². The Hall–Kier alpha value is -1.80. The molecule has 1 aromatic rings. The zero-order valence-electron chi connectivity index (χ0n) is 16.1. The summed E-state index contributed by atoms with van der Waals surface area (Å²) in [5, 5.41) is 2.77. The van der Waals surface area contributed by atoms with Crippen molar-refractivity contribution < 1.29 is 22.7 Å². The lowest BCUT2D eigenvalue weighted by Crippen LogP contribution is -2.40.